The highest BCUT2D eigenvalue weighted by Crippen LogP contribution is 2.37. The molecule has 1 aliphatic heterocycles. The van der Waals surface area contributed by atoms with E-state index in [-0.39, 0.29) is 30.1 Å². The highest BCUT2D eigenvalue weighted by Gasteiger charge is 2.25. The Kier molecular flexibility index (Phi) is 6.40. The number of benzene rings is 1. The predicted molar refractivity (Wildman–Crippen MR) is 135 cm³/mol. The van der Waals surface area contributed by atoms with E-state index in [0.29, 0.717) is 29.1 Å². The number of fused-ring (bicyclic) bond motifs is 4. The van der Waals surface area contributed by atoms with Crippen molar-refractivity contribution in [2.75, 3.05) is 12.5 Å². The SMILES string of the molecule is C=CCn1c(SCC(=O)NC(C)c2ccc3c(c2)OCO3)nc2sc3c(c2c1=O)CCC(C)C3. The maximum absolute atomic E-state index is 13.4. The number of nitrogens with one attached hydrogen (secondary N) is 1. The summed E-state index contributed by atoms with van der Waals surface area (Å²) in [6.45, 7) is 8.56. The average Bonchev–Trinajstić information content (AvgIpc) is 3.43. The first-order chi connectivity index (χ1) is 16.4. The number of thiophene rings is 1. The molecule has 2 unspecified atom stereocenters. The van der Waals surface area contributed by atoms with Crippen LogP contribution in [0.1, 0.15) is 42.3 Å². The Balaban J connectivity index is 1.33. The number of allylic oxidation sites excluding steroid dienone is 1. The maximum atomic E-state index is 13.4. The summed E-state index contributed by atoms with van der Waals surface area (Å²) in [5, 5.41) is 4.32. The van der Waals surface area contributed by atoms with Crippen LogP contribution in [0.3, 0.4) is 0 Å². The fraction of sp³-hybridized carbons (Fsp3) is 0.400. The fourth-order valence-electron chi connectivity index (χ4n) is 4.48. The molecular formula is C25H27N3O4S2. The van der Waals surface area contributed by atoms with Crippen molar-refractivity contribution in [1.29, 1.82) is 0 Å². The molecule has 0 saturated carbocycles. The van der Waals surface area contributed by atoms with Crippen LogP contribution < -0.4 is 20.3 Å². The van der Waals surface area contributed by atoms with Gasteiger partial charge < -0.3 is 14.8 Å². The van der Waals surface area contributed by atoms with Crippen LogP contribution in [0.25, 0.3) is 10.2 Å². The number of rotatable bonds is 7. The Bertz CT molecular complexity index is 1330. The Morgan fingerprint density at radius 1 is 1.41 bits per heavy atom. The van der Waals surface area contributed by atoms with Crippen molar-refractivity contribution in [3.8, 4) is 11.5 Å². The lowest BCUT2D eigenvalue weighted by Gasteiger charge is -2.17. The van der Waals surface area contributed by atoms with Gasteiger partial charge >= 0.3 is 0 Å². The number of carbonyl (C=O) groups excluding carboxylic acids is 1. The van der Waals surface area contributed by atoms with Gasteiger partial charge in [0.25, 0.3) is 5.56 Å². The molecule has 0 saturated heterocycles. The van der Waals surface area contributed by atoms with Crippen LogP contribution in [0.5, 0.6) is 11.5 Å². The van der Waals surface area contributed by atoms with Crippen LogP contribution in [0.2, 0.25) is 0 Å². The lowest BCUT2D eigenvalue weighted by molar-refractivity contribution is -0.119. The first-order valence-electron chi connectivity index (χ1n) is 11.4. The van der Waals surface area contributed by atoms with Crippen molar-refractivity contribution in [1.82, 2.24) is 14.9 Å². The van der Waals surface area contributed by atoms with Crippen molar-refractivity contribution in [3.63, 3.8) is 0 Å². The molecule has 7 nitrogen and oxygen atoms in total. The van der Waals surface area contributed by atoms with Crippen LogP contribution in [0.15, 0.2) is 40.8 Å². The van der Waals surface area contributed by atoms with Crippen LogP contribution in [-0.2, 0) is 24.2 Å². The quantitative estimate of drug-likeness (QED) is 0.295. The van der Waals surface area contributed by atoms with E-state index in [0.717, 1.165) is 35.0 Å². The second kappa shape index (κ2) is 9.46. The van der Waals surface area contributed by atoms with Crippen molar-refractivity contribution < 1.29 is 14.3 Å². The molecule has 1 aromatic carbocycles. The Morgan fingerprint density at radius 2 is 2.24 bits per heavy atom. The minimum Gasteiger partial charge on any atom is -0.454 e. The molecule has 9 heteroatoms. The zero-order chi connectivity index (χ0) is 23.8. The molecule has 0 bridgehead atoms. The topological polar surface area (TPSA) is 82.5 Å². The van der Waals surface area contributed by atoms with Gasteiger partial charge in [0.15, 0.2) is 16.7 Å². The number of ether oxygens (including phenoxy) is 2. The lowest BCUT2D eigenvalue weighted by Crippen LogP contribution is -2.29. The molecule has 2 atom stereocenters. The molecule has 2 aromatic heterocycles. The van der Waals surface area contributed by atoms with Gasteiger partial charge in [-0.15, -0.1) is 17.9 Å². The molecule has 178 valence electrons. The summed E-state index contributed by atoms with van der Waals surface area (Å²) in [7, 11) is 0. The number of hydrogen-bond acceptors (Lipinski definition) is 7. The molecule has 0 fully saturated rings. The second-order valence-electron chi connectivity index (χ2n) is 8.82. The van der Waals surface area contributed by atoms with Gasteiger partial charge in [0.1, 0.15) is 4.83 Å². The van der Waals surface area contributed by atoms with E-state index >= 15 is 0 Å². The van der Waals surface area contributed by atoms with E-state index in [2.05, 4.69) is 18.8 Å². The van der Waals surface area contributed by atoms with Gasteiger partial charge in [0, 0.05) is 11.4 Å². The number of aromatic nitrogens is 2. The normalized spacial score (nSPS) is 17.4. The van der Waals surface area contributed by atoms with Gasteiger partial charge in [-0.3, -0.25) is 14.2 Å². The van der Waals surface area contributed by atoms with Crippen molar-refractivity contribution >= 4 is 39.2 Å². The number of thioether (sulfide) groups is 1. The summed E-state index contributed by atoms with van der Waals surface area (Å²) in [6.07, 6.45) is 4.72. The smallest absolute Gasteiger partial charge is 0.263 e. The van der Waals surface area contributed by atoms with Crippen LogP contribution >= 0.6 is 23.1 Å². The Hall–Kier alpha value is -2.78. The fourth-order valence-corrected chi connectivity index (χ4v) is 6.73. The molecule has 0 spiro atoms. The van der Waals surface area contributed by atoms with E-state index in [4.69, 9.17) is 14.5 Å². The molecule has 3 aromatic rings. The van der Waals surface area contributed by atoms with E-state index in [1.165, 1.54) is 22.2 Å². The van der Waals surface area contributed by atoms with Crippen LogP contribution in [0, 0.1) is 5.92 Å². The molecule has 5 rings (SSSR count). The zero-order valence-corrected chi connectivity index (χ0v) is 20.9. The minimum atomic E-state index is -0.195. The largest absolute Gasteiger partial charge is 0.454 e. The number of carbonyl (C=O) groups is 1. The summed E-state index contributed by atoms with van der Waals surface area (Å²) in [5.41, 5.74) is 2.07. The summed E-state index contributed by atoms with van der Waals surface area (Å²) in [5.74, 6) is 2.05. The van der Waals surface area contributed by atoms with Crippen molar-refractivity contribution in [2.24, 2.45) is 5.92 Å². The summed E-state index contributed by atoms with van der Waals surface area (Å²) in [4.78, 5) is 33.0. The maximum Gasteiger partial charge on any atom is 0.263 e. The van der Waals surface area contributed by atoms with Gasteiger partial charge in [-0.2, -0.15) is 0 Å². The summed E-state index contributed by atoms with van der Waals surface area (Å²) >= 11 is 2.91. The molecule has 1 aliphatic carbocycles. The molecule has 1 N–H and O–H groups in total. The average molecular weight is 498 g/mol. The highest BCUT2D eigenvalue weighted by atomic mass is 32.2. The minimum absolute atomic E-state index is 0.0337. The highest BCUT2D eigenvalue weighted by molar-refractivity contribution is 7.99. The monoisotopic (exact) mass is 497 g/mol. The number of hydrogen-bond donors (Lipinski definition) is 1. The van der Waals surface area contributed by atoms with E-state index in [1.807, 2.05) is 25.1 Å². The standard InChI is InChI=1S/C25H27N3O4S2/c1-4-9-28-24(30)22-17-7-5-14(2)10-20(17)34-23(22)27-25(28)33-12-21(29)26-15(3)16-6-8-18-19(11-16)32-13-31-18/h4,6,8,11,14-15H,1,5,7,9-10,12-13H2,2-3H3,(H,26,29). The third-order valence-electron chi connectivity index (χ3n) is 6.30. The second-order valence-corrected chi connectivity index (χ2v) is 10.8. The van der Waals surface area contributed by atoms with E-state index in [1.54, 1.807) is 22.0 Å². The Morgan fingerprint density at radius 3 is 3.06 bits per heavy atom. The van der Waals surface area contributed by atoms with E-state index < -0.39 is 0 Å². The first kappa shape index (κ1) is 23.0. The molecule has 2 aliphatic rings. The number of aryl methyl sites for hydroxylation is 1. The van der Waals surface area contributed by atoms with Gasteiger partial charge in [-0.25, -0.2) is 4.98 Å². The van der Waals surface area contributed by atoms with Gasteiger partial charge in [0.05, 0.1) is 17.2 Å². The lowest BCUT2D eigenvalue weighted by atomic mass is 9.89. The summed E-state index contributed by atoms with van der Waals surface area (Å²) in [6, 6.07) is 5.46. The van der Waals surface area contributed by atoms with Gasteiger partial charge in [0.2, 0.25) is 12.7 Å². The van der Waals surface area contributed by atoms with Gasteiger partial charge in [-0.05, 0) is 55.4 Å². The van der Waals surface area contributed by atoms with Crippen LogP contribution in [0.4, 0.5) is 0 Å². The number of amides is 1. The molecule has 0 radical (unpaired) electrons. The Labute approximate surface area is 206 Å². The molecular weight excluding hydrogens is 470 g/mol. The predicted octanol–water partition coefficient (Wildman–Crippen LogP) is 4.47. The van der Waals surface area contributed by atoms with Gasteiger partial charge in [-0.1, -0.05) is 30.8 Å². The molecule has 34 heavy (non-hydrogen) atoms. The van der Waals surface area contributed by atoms with Crippen molar-refractivity contribution in [3.05, 3.63) is 57.2 Å². The third-order valence-corrected chi connectivity index (χ3v) is 8.42. The van der Waals surface area contributed by atoms with Crippen molar-refractivity contribution in [2.45, 2.75) is 50.9 Å². The molecule has 1 amide bonds. The zero-order valence-electron chi connectivity index (χ0n) is 19.3. The van der Waals surface area contributed by atoms with E-state index in [9.17, 15) is 9.59 Å². The number of nitrogens with zero attached hydrogens (tertiary/aromatic N) is 2. The van der Waals surface area contributed by atoms with Crippen LogP contribution in [-0.4, -0.2) is 28.0 Å². The first-order valence-corrected chi connectivity index (χ1v) is 13.2. The molecule has 3 heterocycles. The summed E-state index contributed by atoms with van der Waals surface area (Å²) < 4.78 is 12.4. The third kappa shape index (κ3) is 4.34.